The van der Waals surface area contributed by atoms with E-state index in [1.54, 1.807) is 6.92 Å². The lowest BCUT2D eigenvalue weighted by molar-refractivity contribution is 0.0485. The summed E-state index contributed by atoms with van der Waals surface area (Å²) in [5, 5.41) is 11.9. The monoisotopic (exact) mass is 217 g/mol. The van der Waals surface area contributed by atoms with Gasteiger partial charge in [0.05, 0.1) is 6.10 Å². The van der Waals surface area contributed by atoms with Crippen molar-refractivity contribution in [3.63, 3.8) is 0 Å². The number of nitrogens with one attached hydrogen (secondary N) is 1. The summed E-state index contributed by atoms with van der Waals surface area (Å²) < 4.78 is 5.12. The van der Waals surface area contributed by atoms with Crippen molar-refractivity contribution in [3.8, 4) is 0 Å². The van der Waals surface area contributed by atoms with Crippen LogP contribution >= 0.6 is 0 Å². The summed E-state index contributed by atoms with van der Waals surface area (Å²) in [7, 11) is 0. The molecule has 0 aromatic carbocycles. The molecule has 1 amide bonds. The van der Waals surface area contributed by atoms with Gasteiger partial charge in [-0.15, -0.1) is 0 Å². The van der Waals surface area contributed by atoms with Crippen LogP contribution in [0.25, 0.3) is 0 Å². The third kappa shape index (κ3) is 8.24. The number of amides is 1. The molecule has 0 heterocycles. The number of rotatable bonds is 4. The molecule has 90 valence electrons. The van der Waals surface area contributed by atoms with Gasteiger partial charge in [-0.3, -0.25) is 0 Å². The Labute approximate surface area is 92.0 Å². The van der Waals surface area contributed by atoms with Crippen LogP contribution in [-0.4, -0.2) is 28.9 Å². The van der Waals surface area contributed by atoms with Gasteiger partial charge in [0, 0.05) is 6.04 Å². The lowest BCUT2D eigenvalue weighted by Crippen LogP contribution is -2.40. The van der Waals surface area contributed by atoms with E-state index in [2.05, 4.69) is 5.32 Å². The minimum atomic E-state index is -0.479. The van der Waals surface area contributed by atoms with E-state index in [-0.39, 0.29) is 6.04 Å². The van der Waals surface area contributed by atoms with Crippen LogP contribution in [-0.2, 0) is 4.74 Å². The van der Waals surface area contributed by atoms with Gasteiger partial charge in [-0.05, 0) is 40.5 Å². The Morgan fingerprint density at radius 2 is 2.00 bits per heavy atom. The summed E-state index contributed by atoms with van der Waals surface area (Å²) in [6.07, 6.45) is 0.500. The molecule has 2 N–H and O–H groups in total. The third-order valence-corrected chi connectivity index (χ3v) is 1.84. The largest absolute Gasteiger partial charge is 0.444 e. The van der Waals surface area contributed by atoms with Crippen LogP contribution in [0.4, 0.5) is 4.79 Å². The van der Waals surface area contributed by atoms with Crippen LogP contribution in [0.3, 0.4) is 0 Å². The molecule has 4 heteroatoms. The molecular formula is C11H23NO3. The molecule has 0 aromatic rings. The minimum Gasteiger partial charge on any atom is -0.444 e. The number of aliphatic hydroxyl groups is 1. The maximum absolute atomic E-state index is 11.4. The Hall–Kier alpha value is -0.770. The van der Waals surface area contributed by atoms with Gasteiger partial charge in [0.2, 0.25) is 0 Å². The van der Waals surface area contributed by atoms with Gasteiger partial charge in [-0.2, -0.15) is 0 Å². The molecular weight excluding hydrogens is 194 g/mol. The van der Waals surface area contributed by atoms with Crippen LogP contribution in [0.5, 0.6) is 0 Å². The smallest absolute Gasteiger partial charge is 0.407 e. The van der Waals surface area contributed by atoms with Crippen molar-refractivity contribution in [1.29, 1.82) is 0 Å². The van der Waals surface area contributed by atoms with Crippen molar-refractivity contribution < 1.29 is 14.6 Å². The molecule has 0 aliphatic carbocycles. The van der Waals surface area contributed by atoms with Crippen LogP contribution < -0.4 is 5.32 Å². The van der Waals surface area contributed by atoms with Gasteiger partial charge in [0.1, 0.15) is 5.60 Å². The molecule has 2 atom stereocenters. The van der Waals surface area contributed by atoms with Crippen LogP contribution in [0, 0.1) is 0 Å². The Bertz CT molecular complexity index is 196. The average molecular weight is 217 g/mol. The Morgan fingerprint density at radius 3 is 2.33 bits per heavy atom. The average Bonchev–Trinajstić information content (AvgIpc) is 1.98. The maximum atomic E-state index is 11.4. The van der Waals surface area contributed by atoms with Crippen molar-refractivity contribution in [2.75, 3.05) is 0 Å². The fourth-order valence-corrected chi connectivity index (χ4v) is 1.21. The zero-order valence-electron chi connectivity index (χ0n) is 10.3. The first-order valence-corrected chi connectivity index (χ1v) is 5.42. The molecule has 0 aromatic heterocycles. The van der Waals surface area contributed by atoms with Gasteiger partial charge in [0.25, 0.3) is 0 Å². The van der Waals surface area contributed by atoms with Crippen molar-refractivity contribution >= 4 is 6.09 Å². The first-order chi connectivity index (χ1) is 6.74. The highest BCUT2D eigenvalue weighted by molar-refractivity contribution is 5.68. The normalized spacial score (nSPS) is 15.6. The van der Waals surface area contributed by atoms with Crippen LogP contribution in [0.15, 0.2) is 0 Å². The zero-order chi connectivity index (χ0) is 12.1. The summed E-state index contributed by atoms with van der Waals surface area (Å²) in [6.45, 7) is 9.14. The van der Waals surface area contributed by atoms with Gasteiger partial charge < -0.3 is 15.2 Å². The molecule has 0 aliphatic rings. The van der Waals surface area contributed by atoms with E-state index in [1.807, 2.05) is 27.7 Å². The molecule has 0 spiro atoms. The van der Waals surface area contributed by atoms with Gasteiger partial charge in [-0.1, -0.05) is 6.92 Å². The van der Waals surface area contributed by atoms with E-state index in [4.69, 9.17) is 4.74 Å². The summed E-state index contributed by atoms with van der Waals surface area (Å²) in [5.41, 5.74) is -0.479. The number of carbonyl (C=O) groups is 1. The molecule has 0 aliphatic heterocycles. The SMILES string of the molecule is CC[C@H](C[C@H](C)O)NC(=O)OC(C)(C)C. The summed E-state index contributed by atoms with van der Waals surface area (Å²) in [5.74, 6) is 0. The minimum absolute atomic E-state index is 0.0279. The third-order valence-electron chi connectivity index (χ3n) is 1.84. The Balaban J connectivity index is 4.02. The molecule has 4 nitrogen and oxygen atoms in total. The molecule has 0 bridgehead atoms. The van der Waals surface area contributed by atoms with E-state index < -0.39 is 17.8 Å². The second kappa shape index (κ2) is 5.95. The number of ether oxygens (including phenoxy) is 1. The first kappa shape index (κ1) is 14.2. The van der Waals surface area contributed by atoms with Crippen LogP contribution in [0.1, 0.15) is 47.5 Å². The lowest BCUT2D eigenvalue weighted by atomic mass is 10.1. The summed E-state index contributed by atoms with van der Waals surface area (Å²) in [6, 6.07) is -0.0279. The molecule has 0 saturated heterocycles. The standard InChI is InChI=1S/C11H23NO3/c1-6-9(7-8(2)13)12-10(14)15-11(3,4)5/h8-9,13H,6-7H2,1-5H3,(H,12,14)/t8-,9+/m0/s1. The molecule has 0 radical (unpaired) electrons. The lowest BCUT2D eigenvalue weighted by Gasteiger charge is -2.23. The summed E-state index contributed by atoms with van der Waals surface area (Å²) in [4.78, 5) is 11.4. The maximum Gasteiger partial charge on any atom is 0.407 e. The van der Waals surface area contributed by atoms with Crippen molar-refractivity contribution in [3.05, 3.63) is 0 Å². The predicted molar refractivity (Wildman–Crippen MR) is 59.7 cm³/mol. The second-order valence-electron chi connectivity index (χ2n) is 4.84. The van der Waals surface area contributed by atoms with Gasteiger partial charge >= 0.3 is 6.09 Å². The fourth-order valence-electron chi connectivity index (χ4n) is 1.21. The number of alkyl carbamates (subject to hydrolysis) is 1. The van der Waals surface area contributed by atoms with E-state index in [9.17, 15) is 9.90 Å². The molecule has 0 rings (SSSR count). The van der Waals surface area contributed by atoms with Crippen molar-refractivity contribution in [2.45, 2.75) is 65.2 Å². The fraction of sp³-hybridized carbons (Fsp3) is 0.909. The highest BCUT2D eigenvalue weighted by Gasteiger charge is 2.19. The molecule has 0 unspecified atom stereocenters. The van der Waals surface area contributed by atoms with E-state index >= 15 is 0 Å². The number of carbonyl (C=O) groups excluding carboxylic acids is 1. The Morgan fingerprint density at radius 1 is 1.47 bits per heavy atom. The van der Waals surface area contributed by atoms with Gasteiger partial charge in [-0.25, -0.2) is 4.79 Å². The number of aliphatic hydroxyl groups excluding tert-OH is 1. The predicted octanol–water partition coefficient (Wildman–Crippen LogP) is 2.06. The van der Waals surface area contributed by atoms with E-state index in [1.165, 1.54) is 0 Å². The quantitative estimate of drug-likeness (QED) is 0.757. The second-order valence-corrected chi connectivity index (χ2v) is 4.84. The van der Waals surface area contributed by atoms with Gasteiger partial charge in [0.15, 0.2) is 0 Å². The van der Waals surface area contributed by atoms with Crippen molar-refractivity contribution in [1.82, 2.24) is 5.32 Å². The van der Waals surface area contributed by atoms with Crippen molar-refractivity contribution in [2.24, 2.45) is 0 Å². The van der Waals surface area contributed by atoms with E-state index in [0.717, 1.165) is 6.42 Å². The molecule has 0 saturated carbocycles. The van der Waals surface area contributed by atoms with E-state index in [0.29, 0.717) is 6.42 Å². The number of hydrogen-bond acceptors (Lipinski definition) is 3. The molecule has 15 heavy (non-hydrogen) atoms. The number of hydrogen-bond donors (Lipinski definition) is 2. The first-order valence-electron chi connectivity index (χ1n) is 5.42. The highest BCUT2D eigenvalue weighted by atomic mass is 16.6. The topological polar surface area (TPSA) is 58.6 Å². The highest BCUT2D eigenvalue weighted by Crippen LogP contribution is 2.08. The molecule has 0 fully saturated rings. The van der Waals surface area contributed by atoms with Crippen LogP contribution in [0.2, 0.25) is 0 Å². The zero-order valence-corrected chi connectivity index (χ0v) is 10.3. The Kier molecular flexibility index (Phi) is 5.65. The summed E-state index contributed by atoms with van der Waals surface area (Å²) >= 11 is 0.